The number of carbonyl (C=O) groups excluding carboxylic acids is 3. The van der Waals surface area contributed by atoms with Crippen LogP contribution >= 0.6 is 0 Å². The van der Waals surface area contributed by atoms with E-state index < -0.39 is 36.8 Å². The van der Waals surface area contributed by atoms with Gasteiger partial charge in [-0.25, -0.2) is 4.39 Å². The number of esters is 1. The van der Waals surface area contributed by atoms with Crippen molar-refractivity contribution in [2.75, 3.05) is 18.5 Å². The van der Waals surface area contributed by atoms with E-state index in [9.17, 15) is 18.8 Å². The van der Waals surface area contributed by atoms with Gasteiger partial charge >= 0.3 is 5.97 Å². The number of amides is 2. The number of halogens is 1. The van der Waals surface area contributed by atoms with Crippen molar-refractivity contribution >= 4 is 23.5 Å². The maximum atomic E-state index is 13.5. The predicted octanol–water partition coefficient (Wildman–Crippen LogP) is 3.25. The Kier molecular flexibility index (Phi) is 7.68. The average Bonchev–Trinajstić information content (AvgIpc) is 2.70. The summed E-state index contributed by atoms with van der Waals surface area (Å²) >= 11 is 0. The van der Waals surface area contributed by atoms with E-state index >= 15 is 0 Å². The molecule has 2 aromatic rings. The second-order valence-corrected chi connectivity index (χ2v) is 6.27. The lowest BCUT2D eigenvalue weighted by Gasteiger charge is -2.15. The summed E-state index contributed by atoms with van der Waals surface area (Å²) in [4.78, 5) is 35.6. The van der Waals surface area contributed by atoms with Crippen molar-refractivity contribution in [2.45, 2.75) is 26.2 Å². The second kappa shape index (κ2) is 10.2. The molecule has 2 N–H and O–H groups in total. The quantitative estimate of drug-likeness (QED) is 0.682. The Morgan fingerprint density at radius 3 is 2.46 bits per heavy atom. The first-order valence-electron chi connectivity index (χ1n) is 8.99. The van der Waals surface area contributed by atoms with Crippen molar-refractivity contribution in [3.05, 3.63) is 65.5 Å². The van der Waals surface area contributed by atoms with Gasteiger partial charge in [0.05, 0.1) is 5.56 Å². The molecule has 0 radical (unpaired) electrons. The largest absolute Gasteiger partial charge is 0.454 e. The third-order valence-corrected chi connectivity index (χ3v) is 4.25. The van der Waals surface area contributed by atoms with Crippen LogP contribution in [0.5, 0.6) is 0 Å². The van der Waals surface area contributed by atoms with E-state index in [1.165, 1.54) is 18.2 Å². The zero-order valence-corrected chi connectivity index (χ0v) is 15.8. The van der Waals surface area contributed by atoms with Crippen LogP contribution in [0, 0.1) is 5.82 Å². The average molecular weight is 386 g/mol. The number of hydrogen-bond donors (Lipinski definition) is 2. The normalized spacial score (nSPS) is 11.4. The molecule has 148 valence electrons. The van der Waals surface area contributed by atoms with Gasteiger partial charge in [0.2, 0.25) is 0 Å². The van der Waals surface area contributed by atoms with Gasteiger partial charge in [-0.05, 0) is 36.1 Å². The summed E-state index contributed by atoms with van der Waals surface area (Å²) in [6.07, 6.45) is 0.920. The van der Waals surface area contributed by atoms with Gasteiger partial charge in [-0.2, -0.15) is 0 Å². The van der Waals surface area contributed by atoms with Gasteiger partial charge in [0.15, 0.2) is 6.61 Å². The summed E-state index contributed by atoms with van der Waals surface area (Å²) in [6, 6.07) is 12.9. The third-order valence-electron chi connectivity index (χ3n) is 4.25. The van der Waals surface area contributed by atoms with Crippen molar-refractivity contribution in [3.63, 3.8) is 0 Å². The maximum absolute atomic E-state index is 13.5. The first-order chi connectivity index (χ1) is 13.4. The van der Waals surface area contributed by atoms with Crippen LogP contribution in [0.25, 0.3) is 0 Å². The van der Waals surface area contributed by atoms with Gasteiger partial charge in [0, 0.05) is 5.69 Å². The Labute approximate surface area is 163 Å². The fourth-order valence-electron chi connectivity index (χ4n) is 2.54. The van der Waals surface area contributed by atoms with Crippen molar-refractivity contribution in [2.24, 2.45) is 0 Å². The summed E-state index contributed by atoms with van der Waals surface area (Å²) < 4.78 is 18.4. The summed E-state index contributed by atoms with van der Waals surface area (Å²) in [5.74, 6) is -2.43. The molecule has 0 aliphatic carbocycles. The highest BCUT2D eigenvalue weighted by Gasteiger charge is 2.15. The van der Waals surface area contributed by atoms with Crippen LogP contribution in [0.15, 0.2) is 48.5 Å². The van der Waals surface area contributed by atoms with E-state index in [1.54, 1.807) is 6.07 Å². The smallest absolute Gasteiger partial charge is 0.325 e. The van der Waals surface area contributed by atoms with Gasteiger partial charge in [0.1, 0.15) is 12.4 Å². The lowest BCUT2D eigenvalue weighted by molar-refractivity contribution is -0.146. The number of rotatable bonds is 8. The van der Waals surface area contributed by atoms with Crippen LogP contribution in [0.3, 0.4) is 0 Å². The number of nitrogens with one attached hydrogen (secondary N) is 2. The van der Waals surface area contributed by atoms with Crippen molar-refractivity contribution in [1.29, 1.82) is 0 Å². The first-order valence-corrected chi connectivity index (χ1v) is 8.99. The van der Waals surface area contributed by atoms with Crippen molar-refractivity contribution < 1.29 is 23.5 Å². The van der Waals surface area contributed by atoms with Crippen LogP contribution in [0.2, 0.25) is 0 Å². The fraction of sp³-hybridized carbons (Fsp3) is 0.286. The minimum absolute atomic E-state index is 0.172. The molecular weight excluding hydrogens is 363 g/mol. The Balaban J connectivity index is 1.81. The zero-order valence-electron chi connectivity index (χ0n) is 15.8. The molecule has 0 heterocycles. The Hall–Kier alpha value is -3.22. The van der Waals surface area contributed by atoms with E-state index in [0.717, 1.165) is 18.1 Å². The molecule has 0 saturated carbocycles. The molecule has 0 spiro atoms. The Morgan fingerprint density at radius 2 is 1.75 bits per heavy atom. The Morgan fingerprint density at radius 1 is 1.07 bits per heavy atom. The van der Waals surface area contributed by atoms with Crippen LogP contribution in [-0.4, -0.2) is 30.9 Å². The molecule has 0 bridgehead atoms. The minimum atomic E-state index is -0.796. The minimum Gasteiger partial charge on any atom is -0.454 e. The van der Waals surface area contributed by atoms with Crippen LogP contribution in [0.4, 0.5) is 10.1 Å². The number of carbonyl (C=O) groups is 3. The number of para-hydroxylation sites is 1. The Bertz CT molecular complexity index is 854. The maximum Gasteiger partial charge on any atom is 0.325 e. The molecule has 0 unspecified atom stereocenters. The zero-order chi connectivity index (χ0) is 20.5. The molecule has 1 atom stereocenters. The van der Waals surface area contributed by atoms with Crippen molar-refractivity contribution in [1.82, 2.24) is 5.32 Å². The molecule has 0 aliphatic rings. The summed E-state index contributed by atoms with van der Waals surface area (Å²) in [5, 5.41) is 4.99. The van der Waals surface area contributed by atoms with Crippen LogP contribution in [-0.2, 0) is 14.3 Å². The molecule has 0 aromatic heterocycles. The number of ether oxygens (including phenoxy) is 1. The highest BCUT2D eigenvalue weighted by molar-refractivity contribution is 5.97. The standard InChI is InChI=1S/C21H23FN2O4/c1-3-14(2)15-8-5-7-11-18(15)24-19(25)13-28-20(26)12-23-21(27)16-9-4-6-10-17(16)22/h4-11,14H,3,12-13H2,1-2H3,(H,23,27)(H,24,25)/t14-/m1/s1. The number of hydrogen-bond acceptors (Lipinski definition) is 4. The molecule has 0 fully saturated rings. The van der Waals surface area contributed by atoms with E-state index in [2.05, 4.69) is 24.5 Å². The third kappa shape index (κ3) is 5.90. The summed E-state index contributed by atoms with van der Waals surface area (Å²) in [6.45, 7) is 3.16. The van der Waals surface area contributed by atoms with Gasteiger partial charge < -0.3 is 15.4 Å². The monoisotopic (exact) mass is 386 g/mol. The van der Waals surface area contributed by atoms with Gasteiger partial charge in [-0.3, -0.25) is 14.4 Å². The molecule has 2 rings (SSSR count). The molecule has 2 aromatic carbocycles. The fourth-order valence-corrected chi connectivity index (χ4v) is 2.54. The van der Waals surface area contributed by atoms with Crippen LogP contribution in [0.1, 0.15) is 42.1 Å². The van der Waals surface area contributed by atoms with Gasteiger partial charge in [0.25, 0.3) is 11.8 Å². The van der Waals surface area contributed by atoms with E-state index in [0.29, 0.717) is 5.69 Å². The highest BCUT2D eigenvalue weighted by atomic mass is 19.1. The van der Waals surface area contributed by atoms with E-state index in [1.807, 2.05) is 18.2 Å². The van der Waals surface area contributed by atoms with E-state index in [-0.39, 0.29) is 11.5 Å². The number of benzene rings is 2. The van der Waals surface area contributed by atoms with Gasteiger partial charge in [-0.15, -0.1) is 0 Å². The lowest BCUT2D eigenvalue weighted by atomic mass is 9.97. The molecule has 0 saturated heterocycles. The molecule has 0 aliphatic heterocycles. The van der Waals surface area contributed by atoms with Gasteiger partial charge in [-0.1, -0.05) is 44.2 Å². The first kappa shape index (κ1) is 21.1. The molecule has 2 amide bonds. The topological polar surface area (TPSA) is 84.5 Å². The van der Waals surface area contributed by atoms with E-state index in [4.69, 9.17) is 4.74 Å². The predicted molar refractivity (Wildman–Crippen MR) is 103 cm³/mol. The SMILES string of the molecule is CC[C@@H](C)c1ccccc1NC(=O)COC(=O)CNC(=O)c1ccccc1F. The second-order valence-electron chi connectivity index (χ2n) is 6.27. The highest BCUT2D eigenvalue weighted by Crippen LogP contribution is 2.26. The molecule has 7 heteroatoms. The van der Waals surface area contributed by atoms with Crippen LogP contribution < -0.4 is 10.6 Å². The molecular formula is C21H23FN2O4. The summed E-state index contributed by atoms with van der Waals surface area (Å²) in [7, 11) is 0. The molecule has 28 heavy (non-hydrogen) atoms. The number of anilines is 1. The summed E-state index contributed by atoms with van der Waals surface area (Å²) in [5.41, 5.74) is 1.50. The lowest BCUT2D eigenvalue weighted by Crippen LogP contribution is -2.32. The van der Waals surface area contributed by atoms with Crippen molar-refractivity contribution in [3.8, 4) is 0 Å². The molecule has 6 nitrogen and oxygen atoms in total.